The molecule has 0 bridgehead atoms. The summed E-state index contributed by atoms with van der Waals surface area (Å²) < 4.78 is 48.7. The number of aliphatic hydroxyl groups is 1. The highest BCUT2D eigenvalue weighted by atomic mass is 16.8. The van der Waals surface area contributed by atoms with Crippen LogP contribution in [0.15, 0.2) is 73.3 Å². The largest absolute Gasteiger partial charge is 0.463 e. The van der Waals surface area contributed by atoms with Crippen molar-refractivity contribution in [2.75, 3.05) is 6.61 Å². The van der Waals surface area contributed by atoms with E-state index in [0.717, 1.165) is 25.0 Å². The smallest absolute Gasteiger partial charge is 0.303 e. The zero-order valence-electron chi connectivity index (χ0n) is 29.4. The second kappa shape index (κ2) is 18.4. The van der Waals surface area contributed by atoms with Gasteiger partial charge < -0.3 is 48.3 Å². The van der Waals surface area contributed by atoms with Crippen LogP contribution in [0, 0.1) is 0 Å². The molecule has 14 nitrogen and oxygen atoms in total. The Hall–Kier alpha value is -4.18. The molecule has 2 saturated heterocycles. The second-order valence-electron chi connectivity index (χ2n) is 12.4. The van der Waals surface area contributed by atoms with Crippen LogP contribution in [0.4, 0.5) is 0 Å². The normalized spacial score (nSPS) is 30.4. The molecule has 0 spiro atoms. The summed E-state index contributed by atoms with van der Waals surface area (Å²) in [5.74, 6) is -4.79. The van der Waals surface area contributed by atoms with Crippen LogP contribution in [0.1, 0.15) is 52.2 Å². The minimum atomic E-state index is -2.01. The van der Waals surface area contributed by atoms with E-state index in [1.807, 2.05) is 60.7 Å². The zero-order chi connectivity index (χ0) is 37.1. The van der Waals surface area contributed by atoms with E-state index in [-0.39, 0.29) is 19.6 Å². The molecule has 2 heterocycles. The van der Waals surface area contributed by atoms with Gasteiger partial charge in [-0.1, -0.05) is 66.7 Å². The van der Waals surface area contributed by atoms with Crippen molar-refractivity contribution in [2.45, 2.75) is 115 Å². The Bertz CT molecular complexity index is 1470. The minimum Gasteiger partial charge on any atom is -0.463 e. The van der Waals surface area contributed by atoms with E-state index in [2.05, 4.69) is 11.9 Å². The van der Waals surface area contributed by atoms with Crippen molar-refractivity contribution in [1.82, 2.24) is 5.32 Å². The van der Waals surface area contributed by atoms with Gasteiger partial charge >= 0.3 is 17.9 Å². The summed E-state index contributed by atoms with van der Waals surface area (Å²) in [5.41, 5.74) is 1.71. The van der Waals surface area contributed by atoms with Crippen LogP contribution in [0.2, 0.25) is 0 Å². The maximum Gasteiger partial charge on any atom is 0.303 e. The number of carbonyl (C=O) groups excluding carboxylic acids is 4. The van der Waals surface area contributed by atoms with E-state index >= 15 is 0 Å². The average Bonchev–Trinajstić information content (AvgIpc) is 3.07. The number of hydrogen-bond acceptors (Lipinski definition) is 13. The van der Waals surface area contributed by atoms with Gasteiger partial charge in [0.05, 0.1) is 19.3 Å². The van der Waals surface area contributed by atoms with Gasteiger partial charge in [-0.15, -0.1) is 6.58 Å². The number of carbonyl (C=O) groups is 4. The molecule has 278 valence electrons. The van der Waals surface area contributed by atoms with Crippen molar-refractivity contribution in [1.29, 1.82) is 0 Å². The van der Waals surface area contributed by atoms with Crippen LogP contribution < -0.4 is 5.32 Å². The lowest BCUT2D eigenvalue weighted by Gasteiger charge is -2.54. The fourth-order valence-electron chi connectivity index (χ4n) is 6.27. The highest BCUT2D eigenvalue weighted by Gasteiger charge is 2.61. The summed E-state index contributed by atoms with van der Waals surface area (Å²) in [7, 11) is 0. The summed E-state index contributed by atoms with van der Waals surface area (Å²) in [5, 5.41) is 14.3. The topological polar surface area (TPSA) is 174 Å². The first-order valence-electron chi connectivity index (χ1n) is 16.7. The van der Waals surface area contributed by atoms with E-state index < -0.39 is 91.3 Å². The summed E-state index contributed by atoms with van der Waals surface area (Å²) in [6.07, 6.45) is -8.32. The van der Waals surface area contributed by atoms with Gasteiger partial charge in [0.1, 0.15) is 37.1 Å². The molecule has 0 radical (unpaired) electrons. The van der Waals surface area contributed by atoms with Gasteiger partial charge in [-0.05, 0) is 18.1 Å². The Kier molecular flexibility index (Phi) is 14.3. The summed E-state index contributed by atoms with van der Waals surface area (Å²) in [6, 6.07) is 17.4. The van der Waals surface area contributed by atoms with Gasteiger partial charge in [0, 0.05) is 34.1 Å². The van der Waals surface area contributed by atoms with Crippen molar-refractivity contribution in [3.63, 3.8) is 0 Å². The lowest BCUT2D eigenvalue weighted by molar-refractivity contribution is -0.392. The van der Waals surface area contributed by atoms with Crippen molar-refractivity contribution < 1.29 is 62.2 Å². The summed E-state index contributed by atoms with van der Waals surface area (Å²) >= 11 is 0. The molecule has 1 amide bonds. The molecule has 0 saturated carbocycles. The Morgan fingerprint density at radius 1 is 0.804 bits per heavy atom. The highest BCUT2D eigenvalue weighted by molar-refractivity contribution is 5.74. The number of hydrogen-bond donors (Lipinski definition) is 2. The van der Waals surface area contributed by atoms with Gasteiger partial charge in [-0.25, -0.2) is 0 Å². The first kappa shape index (κ1) is 39.6. The third-order valence-electron chi connectivity index (χ3n) is 8.34. The monoisotopic (exact) mass is 713 g/mol. The first-order valence-corrected chi connectivity index (χ1v) is 16.7. The molecule has 0 aromatic heterocycles. The number of nitrogens with one attached hydrogen (secondary N) is 1. The van der Waals surface area contributed by atoms with Crippen LogP contribution in [-0.4, -0.2) is 96.4 Å². The molecule has 0 unspecified atom stereocenters. The zero-order valence-corrected chi connectivity index (χ0v) is 29.4. The minimum absolute atomic E-state index is 0.0973. The quantitative estimate of drug-likeness (QED) is 0.157. The number of aliphatic hydroxyl groups excluding tert-OH is 1. The van der Waals surface area contributed by atoms with E-state index in [9.17, 15) is 24.3 Å². The SMILES string of the molecule is C=CC[C@@]1(O[C@@H]2[C@H](OCc3ccccc3)[C@@H](OCc3ccccc3)[C@H](C)O[C@H]2O)O[C@H](COC(C)=O)[C@@H](OC(C)=O)[C@H](OC(C)=O)[C@H]1NC(C)=O. The van der Waals surface area contributed by atoms with Crippen LogP contribution in [0.5, 0.6) is 0 Å². The second-order valence-corrected chi connectivity index (χ2v) is 12.4. The van der Waals surface area contributed by atoms with Crippen molar-refractivity contribution in [2.24, 2.45) is 0 Å². The number of benzene rings is 2. The summed E-state index contributed by atoms with van der Waals surface area (Å²) in [4.78, 5) is 49.6. The Morgan fingerprint density at radius 3 is 1.86 bits per heavy atom. The molecular weight excluding hydrogens is 666 g/mol. The predicted octanol–water partition coefficient (Wildman–Crippen LogP) is 2.88. The first-order chi connectivity index (χ1) is 24.3. The van der Waals surface area contributed by atoms with Crippen LogP contribution in [0.3, 0.4) is 0 Å². The molecule has 4 rings (SSSR count). The standard InChI is InChI=1S/C37H47NO13/c1-7-18-37(35(38-23(3)39)33(49-26(6)42)31(48-25(5)41)29(50-37)21-44-24(4)40)51-34-32(46-20-28-16-12-9-13-17-28)30(22(2)47-36(34)43)45-19-27-14-10-8-11-15-27/h7-17,22,29-36,43H,1,18-21H2,2-6H3,(H,38,39)/t22-,29+,30-,31+,32+,33-,34+,35+,36+,37-/m0/s1. The van der Waals surface area contributed by atoms with Gasteiger partial charge in [-0.2, -0.15) is 0 Å². The van der Waals surface area contributed by atoms with Crippen LogP contribution >= 0.6 is 0 Å². The highest BCUT2D eigenvalue weighted by Crippen LogP contribution is 2.41. The van der Waals surface area contributed by atoms with E-state index in [1.54, 1.807) is 6.92 Å². The van der Waals surface area contributed by atoms with E-state index in [1.165, 1.54) is 19.9 Å². The van der Waals surface area contributed by atoms with E-state index in [0.29, 0.717) is 0 Å². The Morgan fingerprint density at radius 2 is 1.35 bits per heavy atom. The molecule has 2 N–H and O–H groups in total. The predicted molar refractivity (Wildman–Crippen MR) is 179 cm³/mol. The van der Waals surface area contributed by atoms with Gasteiger partial charge in [0.15, 0.2) is 24.3 Å². The average molecular weight is 714 g/mol. The molecule has 10 atom stereocenters. The van der Waals surface area contributed by atoms with Crippen molar-refractivity contribution in [3.8, 4) is 0 Å². The van der Waals surface area contributed by atoms with Crippen molar-refractivity contribution in [3.05, 3.63) is 84.4 Å². The third kappa shape index (κ3) is 10.7. The van der Waals surface area contributed by atoms with Crippen LogP contribution in [0.25, 0.3) is 0 Å². The molecule has 51 heavy (non-hydrogen) atoms. The fourth-order valence-corrected chi connectivity index (χ4v) is 6.27. The Labute approximate surface area is 297 Å². The Balaban J connectivity index is 1.81. The molecule has 0 aliphatic carbocycles. The molecule has 2 aromatic carbocycles. The lowest BCUT2D eigenvalue weighted by Crippen LogP contribution is -2.74. The van der Waals surface area contributed by atoms with E-state index in [4.69, 9.17) is 37.9 Å². The molecule has 2 aromatic rings. The summed E-state index contributed by atoms with van der Waals surface area (Å²) in [6.45, 7) is 10.1. The van der Waals surface area contributed by atoms with Crippen molar-refractivity contribution >= 4 is 23.8 Å². The van der Waals surface area contributed by atoms with Gasteiger partial charge in [0.25, 0.3) is 0 Å². The third-order valence-corrected chi connectivity index (χ3v) is 8.34. The number of rotatable bonds is 15. The van der Waals surface area contributed by atoms with Gasteiger partial charge in [-0.3, -0.25) is 19.2 Å². The maximum atomic E-state index is 12.8. The fraction of sp³-hybridized carbons (Fsp3) is 0.514. The number of amides is 1. The lowest BCUT2D eigenvalue weighted by atomic mass is 9.86. The molecule has 14 heteroatoms. The molecular formula is C37H47NO13. The number of ether oxygens (including phenoxy) is 8. The number of esters is 3. The maximum absolute atomic E-state index is 12.8. The molecule has 2 fully saturated rings. The molecule has 2 aliphatic heterocycles. The molecule has 2 aliphatic rings. The van der Waals surface area contributed by atoms with Crippen LogP contribution in [-0.2, 0) is 70.3 Å². The van der Waals surface area contributed by atoms with Gasteiger partial charge in [0.2, 0.25) is 5.91 Å².